The van der Waals surface area contributed by atoms with Gasteiger partial charge in [0.15, 0.2) is 11.6 Å². The van der Waals surface area contributed by atoms with Gasteiger partial charge in [0.1, 0.15) is 0 Å². The lowest BCUT2D eigenvalue weighted by atomic mass is 9.78. The molecule has 0 spiro atoms. The average molecular weight is 319 g/mol. The molecule has 4 atom stereocenters. The third-order valence-electron chi connectivity index (χ3n) is 4.65. The van der Waals surface area contributed by atoms with Crippen molar-refractivity contribution in [1.29, 1.82) is 0 Å². The van der Waals surface area contributed by atoms with Crippen molar-refractivity contribution in [1.82, 2.24) is 10.6 Å². The zero-order chi connectivity index (χ0) is 17.1. The van der Waals surface area contributed by atoms with Crippen molar-refractivity contribution in [2.75, 3.05) is 6.54 Å². The fourth-order valence-corrected chi connectivity index (χ4v) is 3.27. The fourth-order valence-electron chi connectivity index (χ4n) is 3.27. The van der Waals surface area contributed by atoms with Gasteiger partial charge in [0.05, 0.1) is 17.8 Å². The molecule has 1 amide bonds. The maximum Gasteiger partial charge on any atom is 0.264 e. The smallest absolute Gasteiger partial charge is 0.264 e. The van der Waals surface area contributed by atoms with Crippen LogP contribution in [0.3, 0.4) is 0 Å². The first-order valence-corrected chi connectivity index (χ1v) is 8.05. The van der Waals surface area contributed by atoms with Gasteiger partial charge in [-0.05, 0) is 18.8 Å². The standard InChI is InChI=1S/C17H25N3O3/c1-4-10-7-11(8-19-14(10)15(21)9(2)3)16(22)12-5-6-13(20-12)17(18)23/h4,6,9-12,14,19-20H,1,5,7-8H2,2-3H3,(H2,18,23). The van der Waals surface area contributed by atoms with Gasteiger partial charge in [-0.1, -0.05) is 26.0 Å². The van der Waals surface area contributed by atoms with Crippen molar-refractivity contribution in [3.8, 4) is 0 Å². The maximum absolute atomic E-state index is 12.6. The highest BCUT2D eigenvalue weighted by Gasteiger charge is 2.39. The molecule has 0 bridgehead atoms. The summed E-state index contributed by atoms with van der Waals surface area (Å²) in [6, 6.07) is -0.681. The van der Waals surface area contributed by atoms with Gasteiger partial charge in [0, 0.05) is 18.4 Å². The average Bonchev–Trinajstić information content (AvgIpc) is 3.02. The van der Waals surface area contributed by atoms with Crippen LogP contribution in [0.4, 0.5) is 0 Å². The zero-order valence-electron chi connectivity index (χ0n) is 13.7. The number of rotatable bonds is 6. The van der Waals surface area contributed by atoms with E-state index in [-0.39, 0.29) is 35.4 Å². The highest BCUT2D eigenvalue weighted by Crippen LogP contribution is 2.27. The molecule has 1 fully saturated rings. The van der Waals surface area contributed by atoms with Crippen LogP contribution in [0.1, 0.15) is 26.7 Å². The van der Waals surface area contributed by atoms with E-state index in [1.807, 2.05) is 13.8 Å². The van der Waals surface area contributed by atoms with Crippen molar-refractivity contribution in [2.45, 2.75) is 38.8 Å². The minimum absolute atomic E-state index is 0.0484. The van der Waals surface area contributed by atoms with Crippen LogP contribution in [0.2, 0.25) is 0 Å². The van der Waals surface area contributed by atoms with Gasteiger partial charge in [-0.3, -0.25) is 14.4 Å². The van der Waals surface area contributed by atoms with E-state index in [0.717, 1.165) is 0 Å². The Hall–Kier alpha value is -1.95. The monoisotopic (exact) mass is 319 g/mol. The van der Waals surface area contributed by atoms with E-state index < -0.39 is 11.9 Å². The van der Waals surface area contributed by atoms with Crippen LogP contribution in [0.25, 0.3) is 0 Å². The molecule has 0 aromatic carbocycles. The minimum atomic E-state index is -0.548. The number of primary amides is 1. The molecule has 6 heteroatoms. The van der Waals surface area contributed by atoms with Gasteiger partial charge in [-0.15, -0.1) is 6.58 Å². The molecule has 126 valence electrons. The molecule has 23 heavy (non-hydrogen) atoms. The lowest BCUT2D eigenvalue weighted by Gasteiger charge is -2.35. The SMILES string of the molecule is C=CC1CC(C(=O)C2CC=C(C(N)=O)N2)CNC1C(=O)C(C)C. The number of hydrogen-bond donors (Lipinski definition) is 3. The number of Topliss-reactive ketones (excluding diaryl/α,β-unsaturated/α-hetero) is 2. The van der Waals surface area contributed by atoms with Crippen molar-refractivity contribution >= 4 is 17.5 Å². The predicted molar refractivity (Wildman–Crippen MR) is 87.3 cm³/mol. The Morgan fingerprint density at radius 2 is 2.09 bits per heavy atom. The molecule has 6 nitrogen and oxygen atoms in total. The van der Waals surface area contributed by atoms with E-state index in [1.165, 1.54) is 0 Å². The lowest BCUT2D eigenvalue weighted by Crippen LogP contribution is -2.54. The Labute approximate surface area is 136 Å². The summed E-state index contributed by atoms with van der Waals surface area (Å²) in [4.78, 5) is 36.0. The minimum Gasteiger partial charge on any atom is -0.371 e. The fraction of sp³-hybridized carbons (Fsp3) is 0.588. The topological polar surface area (TPSA) is 101 Å². The van der Waals surface area contributed by atoms with Crippen LogP contribution >= 0.6 is 0 Å². The summed E-state index contributed by atoms with van der Waals surface area (Å²) in [6.07, 6.45) is 4.49. The number of carbonyl (C=O) groups excluding carboxylic acids is 3. The second-order valence-electron chi connectivity index (χ2n) is 6.59. The first-order chi connectivity index (χ1) is 10.8. The summed E-state index contributed by atoms with van der Waals surface area (Å²) in [5.74, 6) is -0.663. The number of ketones is 2. The molecule has 4 N–H and O–H groups in total. The molecule has 0 saturated carbocycles. The van der Waals surface area contributed by atoms with Crippen LogP contribution in [0.15, 0.2) is 24.4 Å². The third-order valence-corrected chi connectivity index (χ3v) is 4.65. The number of nitrogens with one attached hydrogen (secondary N) is 2. The van der Waals surface area contributed by atoms with Crippen LogP contribution in [-0.4, -0.2) is 36.1 Å². The number of nitrogens with two attached hydrogens (primary N) is 1. The Morgan fingerprint density at radius 1 is 1.39 bits per heavy atom. The Morgan fingerprint density at radius 3 is 2.61 bits per heavy atom. The molecule has 1 saturated heterocycles. The molecule has 0 aliphatic carbocycles. The van der Waals surface area contributed by atoms with E-state index in [2.05, 4.69) is 17.2 Å². The molecule has 4 unspecified atom stereocenters. The quantitative estimate of drug-likeness (QED) is 0.611. The molecule has 0 aromatic rings. The van der Waals surface area contributed by atoms with Gasteiger partial charge >= 0.3 is 0 Å². The van der Waals surface area contributed by atoms with Crippen molar-refractivity contribution in [3.05, 3.63) is 24.4 Å². The van der Waals surface area contributed by atoms with Gasteiger partial charge in [0.25, 0.3) is 5.91 Å². The third kappa shape index (κ3) is 3.69. The van der Waals surface area contributed by atoms with E-state index in [4.69, 9.17) is 5.73 Å². The summed E-state index contributed by atoms with van der Waals surface area (Å²) in [5.41, 5.74) is 5.52. The first kappa shape index (κ1) is 17.4. The number of amides is 1. The molecular weight excluding hydrogens is 294 g/mol. The first-order valence-electron chi connectivity index (χ1n) is 8.05. The molecule has 2 heterocycles. The van der Waals surface area contributed by atoms with Gasteiger partial charge in [0.2, 0.25) is 0 Å². The normalized spacial score (nSPS) is 30.5. The second kappa shape index (κ2) is 7.08. The molecule has 0 radical (unpaired) electrons. The summed E-state index contributed by atoms with van der Waals surface area (Å²) >= 11 is 0. The van der Waals surface area contributed by atoms with Crippen LogP contribution in [-0.2, 0) is 14.4 Å². The summed E-state index contributed by atoms with van der Waals surface area (Å²) in [6.45, 7) is 8.03. The molecule has 2 aliphatic rings. The van der Waals surface area contributed by atoms with Gasteiger partial charge in [-0.2, -0.15) is 0 Å². The molecule has 2 rings (SSSR count). The molecule has 2 aliphatic heterocycles. The number of hydrogen-bond acceptors (Lipinski definition) is 5. The van der Waals surface area contributed by atoms with E-state index in [1.54, 1.807) is 12.2 Å². The van der Waals surface area contributed by atoms with Crippen LogP contribution < -0.4 is 16.4 Å². The van der Waals surface area contributed by atoms with Gasteiger partial charge < -0.3 is 16.4 Å². The summed E-state index contributed by atoms with van der Waals surface area (Å²) in [7, 11) is 0. The van der Waals surface area contributed by atoms with E-state index in [9.17, 15) is 14.4 Å². The van der Waals surface area contributed by atoms with Crippen molar-refractivity contribution in [3.63, 3.8) is 0 Å². The highest BCUT2D eigenvalue weighted by molar-refractivity contribution is 5.95. The Kier molecular flexibility index (Phi) is 5.36. The largest absolute Gasteiger partial charge is 0.371 e. The number of piperidine rings is 1. The highest BCUT2D eigenvalue weighted by atomic mass is 16.1. The zero-order valence-corrected chi connectivity index (χ0v) is 13.7. The van der Waals surface area contributed by atoms with Crippen molar-refractivity contribution in [2.24, 2.45) is 23.5 Å². The second-order valence-corrected chi connectivity index (χ2v) is 6.59. The number of carbonyl (C=O) groups is 3. The Balaban J connectivity index is 1.99. The summed E-state index contributed by atoms with van der Waals surface area (Å²) < 4.78 is 0. The Bertz CT molecular complexity index is 553. The lowest BCUT2D eigenvalue weighted by molar-refractivity contribution is -0.130. The summed E-state index contributed by atoms with van der Waals surface area (Å²) in [5, 5.41) is 6.10. The molecular formula is C17H25N3O3. The predicted octanol–water partition coefficient (Wildman–Crippen LogP) is 0.292. The maximum atomic E-state index is 12.6. The molecule has 0 aromatic heterocycles. The van der Waals surface area contributed by atoms with Crippen LogP contribution in [0, 0.1) is 17.8 Å². The van der Waals surface area contributed by atoms with Crippen LogP contribution in [0.5, 0.6) is 0 Å². The van der Waals surface area contributed by atoms with E-state index >= 15 is 0 Å². The van der Waals surface area contributed by atoms with E-state index in [0.29, 0.717) is 25.1 Å². The van der Waals surface area contributed by atoms with Crippen molar-refractivity contribution < 1.29 is 14.4 Å². The van der Waals surface area contributed by atoms with Gasteiger partial charge in [-0.25, -0.2) is 0 Å².